The molecule has 1 aromatic rings. The van der Waals surface area contributed by atoms with Crippen molar-refractivity contribution in [3.63, 3.8) is 0 Å². The van der Waals surface area contributed by atoms with Crippen molar-refractivity contribution in [1.29, 1.82) is 0 Å². The summed E-state index contributed by atoms with van der Waals surface area (Å²) in [6, 6.07) is 0.201. The van der Waals surface area contributed by atoms with Gasteiger partial charge in [-0.3, -0.25) is 9.48 Å². The van der Waals surface area contributed by atoms with Gasteiger partial charge in [0.1, 0.15) is 0 Å². The summed E-state index contributed by atoms with van der Waals surface area (Å²) in [6.07, 6.45) is 7.94. The number of nitrogens with zero attached hydrogens (tertiary/aromatic N) is 3. The van der Waals surface area contributed by atoms with Crippen molar-refractivity contribution in [1.82, 2.24) is 20.3 Å². The van der Waals surface area contributed by atoms with Gasteiger partial charge in [0, 0.05) is 12.6 Å². The lowest BCUT2D eigenvalue weighted by molar-refractivity contribution is 0.0914. The Kier molecular flexibility index (Phi) is 4.90. The van der Waals surface area contributed by atoms with Gasteiger partial charge < -0.3 is 11.1 Å². The first-order valence-electron chi connectivity index (χ1n) is 7.11. The maximum atomic E-state index is 12.1. The number of nitrogens with one attached hydrogen (secondary N) is 1. The number of rotatable bonds is 5. The Bertz CT molecular complexity index is 411. The summed E-state index contributed by atoms with van der Waals surface area (Å²) in [4.78, 5) is 12.1. The lowest BCUT2D eigenvalue weighted by atomic mass is 9.84. The number of carbonyl (C=O) groups is 1. The van der Waals surface area contributed by atoms with E-state index in [0.717, 1.165) is 0 Å². The molecule has 1 aromatic heterocycles. The molecule has 1 atom stereocenters. The molecule has 0 unspecified atom stereocenters. The van der Waals surface area contributed by atoms with E-state index in [0.29, 0.717) is 24.7 Å². The summed E-state index contributed by atoms with van der Waals surface area (Å²) in [5, 5.41) is 10.8. The third-order valence-corrected chi connectivity index (χ3v) is 3.85. The summed E-state index contributed by atoms with van der Waals surface area (Å²) in [5.41, 5.74) is 5.81. The average Bonchev–Trinajstić information content (AvgIpc) is 2.89. The minimum atomic E-state index is -0.138. The topological polar surface area (TPSA) is 85.8 Å². The predicted octanol–water partition coefficient (Wildman–Crippen LogP) is 0.935. The molecule has 1 fully saturated rings. The van der Waals surface area contributed by atoms with E-state index >= 15 is 0 Å². The van der Waals surface area contributed by atoms with Crippen molar-refractivity contribution in [3.8, 4) is 0 Å². The molecule has 6 heteroatoms. The van der Waals surface area contributed by atoms with Gasteiger partial charge in [-0.15, -0.1) is 5.10 Å². The van der Waals surface area contributed by atoms with Crippen LogP contribution in [0.3, 0.4) is 0 Å². The summed E-state index contributed by atoms with van der Waals surface area (Å²) in [5.74, 6) is 0.457. The van der Waals surface area contributed by atoms with Gasteiger partial charge in [-0.2, -0.15) is 0 Å². The normalized spacial score (nSPS) is 18.2. The summed E-state index contributed by atoms with van der Waals surface area (Å²) in [7, 11) is 0. The SMILES string of the molecule is C[C@@H](NC(=O)c1cn(CCN)nn1)C1CCCCC1. The van der Waals surface area contributed by atoms with E-state index in [-0.39, 0.29) is 11.9 Å². The van der Waals surface area contributed by atoms with Crippen molar-refractivity contribution < 1.29 is 4.79 Å². The predicted molar refractivity (Wildman–Crippen MR) is 72.6 cm³/mol. The maximum Gasteiger partial charge on any atom is 0.273 e. The first kappa shape index (κ1) is 14.0. The zero-order chi connectivity index (χ0) is 13.7. The molecular weight excluding hydrogens is 242 g/mol. The number of nitrogens with two attached hydrogens (primary N) is 1. The fraction of sp³-hybridized carbons (Fsp3) is 0.769. The Morgan fingerprint density at radius 3 is 2.95 bits per heavy atom. The van der Waals surface area contributed by atoms with Crippen molar-refractivity contribution in [2.75, 3.05) is 6.54 Å². The highest BCUT2D eigenvalue weighted by molar-refractivity contribution is 5.92. The Morgan fingerprint density at radius 1 is 1.53 bits per heavy atom. The van der Waals surface area contributed by atoms with Crippen LogP contribution in [0.15, 0.2) is 6.20 Å². The van der Waals surface area contributed by atoms with E-state index in [9.17, 15) is 4.79 Å². The van der Waals surface area contributed by atoms with E-state index in [1.54, 1.807) is 10.9 Å². The number of hydrogen-bond acceptors (Lipinski definition) is 4. The van der Waals surface area contributed by atoms with Crippen LogP contribution >= 0.6 is 0 Å². The lowest BCUT2D eigenvalue weighted by Gasteiger charge is -2.27. The molecule has 2 rings (SSSR count). The van der Waals surface area contributed by atoms with Crippen molar-refractivity contribution >= 4 is 5.91 Å². The molecule has 0 saturated heterocycles. The van der Waals surface area contributed by atoms with Crippen LogP contribution in [0.25, 0.3) is 0 Å². The van der Waals surface area contributed by atoms with Gasteiger partial charge in [0.2, 0.25) is 0 Å². The largest absolute Gasteiger partial charge is 0.348 e. The minimum absolute atomic E-state index is 0.138. The molecule has 0 spiro atoms. The summed E-state index contributed by atoms with van der Waals surface area (Å²) in [6.45, 7) is 3.15. The summed E-state index contributed by atoms with van der Waals surface area (Å²) < 4.78 is 1.60. The molecule has 106 valence electrons. The van der Waals surface area contributed by atoms with Crippen LogP contribution in [0.2, 0.25) is 0 Å². The van der Waals surface area contributed by atoms with Crippen LogP contribution in [0.4, 0.5) is 0 Å². The van der Waals surface area contributed by atoms with E-state index in [4.69, 9.17) is 5.73 Å². The zero-order valence-corrected chi connectivity index (χ0v) is 11.5. The molecule has 0 aromatic carbocycles. The zero-order valence-electron chi connectivity index (χ0n) is 11.5. The van der Waals surface area contributed by atoms with Gasteiger partial charge in [-0.1, -0.05) is 24.5 Å². The van der Waals surface area contributed by atoms with Crippen LogP contribution in [0, 0.1) is 5.92 Å². The van der Waals surface area contributed by atoms with Crippen molar-refractivity contribution in [2.45, 2.75) is 51.6 Å². The second kappa shape index (κ2) is 6.65. The summed E-state index contributed by atoms with van der Waals surface area (Å²) >= 11 is 0. The molecule has 19 heavy (non-hydrogen) atoms. The molecule has 1 heterocycles. The van der Waals surface area contributed by atoms with Crippen LogP contribution in [-0.4, -0.2) is 33.5 Å². The number of aromatic nitrogens is 3. The van der Waals surface area contributed by atoms with Crippen molar-refractivity contribution in [3.05, 3.63) is 11.9 Å². The monoisotopic (exact) mass is 265 g/mol. The molecular formula is C13H23N5O. The van der Waals surface area contributed by atoms with Gasteiger partial charge in [0.05, 0.1) is 12.7 Å². The van der Waals surface area contributed by atoms with Crippen LogP contribution in [0.1, 0.15) is 49.5 Å². The van der Waals surface area contributed by atoms with Crippen LogP contribution in [0.5, 0.6) is 0 Å². The van der Waals surface area contributed by atoms with E-state index < -0.39 is 0 Å². The van der Waals surface area contributed by atoms with Gasteiger partial charge in [-0.25, -0.2) is 0 Å². The van der Waals surface area contributed by atoms with E-state index in [1.807, 2.05) is 0 Å². The molecule has 0 aliphatic heterocycles. The molecule has 3 N–H and O–H groups in total. The van der Waals surface area contributed by atoms with Gasteiger partial charge in [0.15, 0.2) is 5.69 Å². The number of hydrogen-bond donors (Lipinski definition) is 2. The van der Waals surface area contributed by atoms with Gasteiger partial charge in [0.25, 0.3) is 5.91 Å². The minimum Gasteiger partial charge on any atom is -0.348 e. The molecule has 6 nitrogen and oxygen atoms in total. The smallest absolute Gasteiger partial charge is 0.273 e. The lowest BCUT2D eigenvalue weighted by Crippen LogP contribution is -2.39. The highest BCUT2D eigenvalue weighted by Gasteiger charge is 2.22. The second-order valence-corrected chi connectivity index (χ2v) is 5.32. The van der Waals surface area contributed by atoms with Crippen molar-refractivity contribution in [2.24, 2.45) is 11.7 Å². The van der Waals surface area contributed by atoms with E-state index in [2.05, 4.69) is 22.6 Å². The highest BCUT2D eigenvalue weighted by Crippen LogP contribution is 2.26. The molecule has 0 bridgehead atoms. The van der Waals surface area contributed by atoms with Crippen LogP contribution in [-0.2, 0) is 6.54 Å². The fourth-order valence-corrected chi connectivity index (χ4v) is 2.68. The fourth-order valence-electron chi connectivity index (χ4n) is 2.68. The molecule has 1 aliphatic rings. The Hall–Kier alpha value is -1.43. The molecule has 0 radical (unpaired) electrons. The third-order valence-electron chi connectivity index (χ3n) is 3.85. The molecule has 1 amide bonds. The van der Waals surface area contributed by atoms with Gasteiger partial charge in [-0.05, 0) is 25.7 Å². The second-order valence-electron chi connectivity index (χ2n) is 5.32. The highest BCUT2D eigenvalue weighted by atomic mass is 16.2. The average molecular weight is 265 g/mol. The third kappa shape index (κ3) is 3.76. The standard InChI is InChI=1S/C13H23N5O/c1-10(11-5-3-2-4-6-11)15-13(19)12-9-18(8-7-14)17-16-12/h9-11H,2-8,14H2,1H3,(H,15,19)/t10-/m1/s1. The maximum absolute atomic E-state index is 12.1. The Morgan fingerprint density at radius 2 is 2.26 bits per heavy atom. The first-order valence-corrected chi connectivity index (χ1v) is 7.11. The van der Waals surface area contributed by atoms with E-state index in [1.165, 1.54) is 32.1 Å². The Balaban J connectivity index is 1.88. The number of amides is 1. The van der Waals surface area contributed by atoms with Crippen LogP contribution < -0.4 is 11.1 Å². The molecule has 1 saturated carbocycles. The van der Waals surface area contributed by atoms with Gasteiger partial charge >= 0.3 is 0 Å². The first-order chi connectivity index (χ1) is 9.20. The Labute approximate surface area is 113 Å². The quantitative estimate of drug-likeness (QED) is 0.829. The number of carbonyl (C=O) groups excluding carboxylic acids is 1. The molecule has 1 aliphatic carbocycles.